The van der Waals surface area contributed by atoms with E-state index in [0.29, 0.717) is 15.5 Å². The van der Waals surface area contributed by atoms with Crippen LogP contribution < -0.4 is 0 Å². The molecule has 0 saturated heterocycles. The van der Waals surface area contributed by atoms with Gasteiger partial charge in [0.15, 0.2) is 5.82 Å². The van der Waals surface area contributed by atoms with E-state index in [1.165, 1.54) is 11.3 Å². The zero-order chi connectivity index (χ0) is 9.26. The number of halogens is 2. The standard InChI is InChI=1S/C7H3BrClN3S/c8-4-1-11-7(12-6(4)9)5-2-10-3-13-5/h1-3H. The van der Waals surface area contributed by atoms with Gasteiger partial charge in [-0.1, -0.05) is 11.6 Å². The number of aromatic nitrogens is 3. The van der Waals surface area contributed by atoms with Crippen LogP contribution in [0.4, 0.5) is 0 Å². The molecule has 0 radical (unpaired) electrons. The topological polar surface area (TPSA) is 38.7 Å². The molecule has 0 atom stereocenters. The minimum absolute atomic E-state index is 0.415. The molecule has 2 aromatic heterocycles. The predicted molar refractivity (Wildman–Crippen MR) is 55.9 cm³/mol. The normalized spacial score (nSPS) is 10.3. The fourth-order valence-corrected chi connectivity index (χ4v) is 1.67. The van der Waals surface area contributed by atoms with Crippen LogP contribution in [0, 0.1) is 0 Å². The first-order valence-electron chi connectivity index (χ1n) is 3.34. The molecular weight excluding hydrogens is 274 g/mol. The number of hydrogen-bond donors (Lipinski definition) is 0. The van der Waals surface area contributed by atoms with Crippen molar-refractivity contribution in [3.05, 3.63) is 27.5 Å². The van der Waals surface area contributed by atoms with Crippen LogP contribution in [0.15, 0.2) is 22.4 Å². The third-order valence-corrected chi connectivity index (χ3v) is 3.22. The van der Waals surface area contributed by atoms with E-state index in [2.05, 4.69) is 30.9 Å². The molecule has 0 amide bonds. The third kappa shape index (κ3) is 1.87. The van der Waals surface area contributed by atoms with Gasteiger partial charge in [-0.25, -0.2) is 9.97 Å². The van der Waals surface area contributed by atoms with Crippen molar-refractivity contribution in [2.45, 2.75) is 0 Å². The van der Waals surface area contributed by atoms with Gasteiger partial charge in [0, 0.05) is 12.4 Å². The van der Waals surface area contributed by atoms with E-state index >= 15 is 0 Å². The van der Waals surface area contributed by atoms with Crippen molar-refractivity contribution in [3.8, 4) is 10.7 Å². The van der Waals surface area contributed by atoms with Crippen LogP contribution in [0.25, 0.3) is 10.7 Å². The maximum absolute atomic E-state index is 5.82. The molecular formula is C7H3BrClN3S. The summed E-state index contributed by atoms with van der Waals surface area (Å²) in [6.07, 6.45) is 3.34. The summed E-state index contributed by atoms with van der Waals surface area (Å²) >= 11 is 10.5. The summed E-state index contributed by atoms with van der Waals surface area (Å²) in [5.41, 5.74) is 1.73. The Balaban J connectivity index is 2.49. The van der Waals surface area contributed by atoms with Gasteiger partial charge in [0.2, 0.25) is 0 Å². The van der Waals surface area contributed by atoms with Gasteiger partial charge in [-0.2, -0.15) is 0 Å². The summed E-state index contributed by atoms with van der Waals surface area (Å²) in [6, 6.07) is 0. The second-order valence-corrected chi connectivity index (χ2v) is 4.30. The molecule has 0 bridgehead atoms. The van der Waals surface area contributed by atoms with Gasteiger partial charge in [0.25, 0.3) is 0 Å². The summed E-state index contributed by atoms with van der Waals surface area (Å²) in [7, 11) is 0. The average Bonchev–Trinajstić information content (AvgIpc) is 2.62. The largest absolute Gasteiger partial charge is 0.252 e. The van der Waals surface area contributed by atoms with E-state index in [1.54, 1.807) is 17.9 Å². The minimum Gasteiger partial charge on any atom is -0.252 e. The first kappa shape index (κ1) is 9.05. The van der Waals surface area contributed by atoms with Crippen molar-refractivity contribution in [1.82, 2.24) is 15.0 Å². The Hall–Kier alpha value is -0.520. The number of hydrogen-bond acceptors (Lipinski definition) is 4. The molecule has 0 aliphatic rings. The lowest BCUT2D eigenvalue weighted by Gasteiger charge is -1.96. The molecule has 3 nitrogen and oxygen atoms in total. The Labute approximate surface area is 92.0 Å². The van der Waals surface area contributed by atoms with Crippen molar-refractivity contribution in [1.29, 1.82) is 0 Å². The second kappa shape index (κ2) is 3.69. The highest BCUT2D eigenvalue weighted by atomic mass is 79.9. The number of rotatable bonds is 1. The number of nitrogens with zero attached hydrogens (tertiary/aromatic N) is 3. The minimum atomic E-state index is 0.415. The van der Waals surface area contributed by atoms with E-state index in [0.717, 1.165) is 4.88 Å². The monoisotopic (exact) mass is 275 g/mol. The first-order chi connectivity index (χ1) is 6.27. The van der Waals surface area contributed by atoms with Crippen molar-refractivity contribution < 1.29 is 0 Å². The smallest absolute Gasteiger partial charge is 0.172 e. The van der Waals surface area contributed by atoms with Crippen molar-refractivity contribution in [2.75, 3.05) is 0 Å². The Morgan fingerprint density at radius 2 is 2.23 bits per heavy atom. The van der Waals surface area contributed by atoms with Crippen molar-refractivity contribution in [3.63, 3.8) is 0 Å². The Morgan fingerprint density at radius 3 is 2.85 bits per heavy atom. The molecule has 0 unspecified atom stereocenters. The zero-order valence-corrected chi connectivity index (χ0v) is 9.40. The highest BCUT2D eigenvalue weighted by Gasteiger charge is 2.05. The molecule has 0 aliphatic heterocycles. The molecule has 0 spiro atoms. The van der Waals surface area contributed by atoms with Crippen LogP contribution >= 0.6 is 38.9 Å². The maximum atomic E-state index is 5.82. The third-order valence-electron chi connectivity index (χ3n) is 1.35. The van der Waals surface area contributed by atoms with Crippen LogP contribution in [-0.2, 0) is 0 Å². The van der Waals surface area contributed by atoms with Gasteiger partial charge in [-0.15, -0.1) is 11.3 Å². The van der Waals surface area contributed by atoms with E-state index in [4.69, 9.17) is 11.6 Å². The van der Waals surface area contributed by atoms with E-state index < -0.39 is 0 Å². The molecule has 66 valence electrons. The molecule has 0 aliphatic carbocycles. The Bertz CT molecular complexity index is 418. The van der Waals surface area contributed by atoms with Crippen LogP contribution in [0.3, 0.4) is 0 Å². The molecule has 0 fully saturated rings. The van der Waals surface area contributed by atoms with Gasteiger partial charge >= 0.3 is 0 Å². The lowest BCUT2D eigenvalue weighted by molar-refractivity contribution is 1.17. The van der Waals surface area contributed by atoms with Crippen LogP contribution in [-0.4, -0.2) is 15.0 Å². The van der Waals surface area contributed by atoms with Crippen molar-refractivity contribution >= 4 is 38.9 Å². The fourth-order valence-electron chi connectivity index (χ4n) is 0.791. The summed E-state index contributed by atoms with van der Waals surface area (Å²) in [4.78, 5) is 13.0. The molecule has 0 N–H and O–H groups in total. The van der Waals surface area contributed by atoms with Crippen LogP contribution in [0.2, 0.25) is 5.15 Å². The zero-order valence-electron chi connectivity index (χ0n) is 6.24. The number of thiazole rings is 1. The molecule has 2 heterocycles. The summed E-state index contributed by atoms with van der Waals surface area (Å²) in [6.45, 7) is 0. The summed E-state index contributed by atoms with van der Waals surface area (Å²) in [5.74, 6) is 0.607. The highest BCUT2D eigenvalue weighted by molar-refractivity contribution is 9.10. The van der Waals surface area contributed by atoms with Gasteiger partial charge in [0.1, 0.15) is 5.15 Å². The van der Waals surface area contributed by atoms with Gasteiger partial charge in [-0.3, -0.25) is 4.98 Å². The lowest BCUT2D eigenvalue weighted by Crippen LogP contribution is -1.87. The van der Waals surface area contributed by atoms with Crippen LogP contribution in [0.5, 0.6) is 0 Å². The van der Waals surface area contributed by atoms with E-state index in [1.807, 2.05) is 0 Å². The Kier molecular flexibility index (Phi) is 2.57. The molecule has 13 heavy (non-hydrogen) atoms. The predicted octanol–water partition coefficient (Wildman–Crippen LogP) is 3.02. The van der Waals surface area contributed by atoms with Gasteiger partial charge in [0.05, 0.1) is 14.9 Å². The second-order valence-electron chi connectivity index (χ2n) is 2.20. The summed E-state index contributed by atoms with van der Waals surface area (Å²) in [5, 5.41) is 0.415. The first-order valence-corrected chi connectivity index (χ1v) is 5.39. The molecule has 2 rings (SSSR count). The fraction of sp³-hybridized carbons (Fsp3) is 0. The quantitative estimate of drug-likeness (QED) is 0.752. The molecule has 0 saturated carbocycles. The lowest BCUT2D eigenvalue weighted by atomic mass is 10.5. The average molecular weight is 277 g/mol. The molecule has 2 aromatic rings. The van der Waals surface area contributed by atoms with E-state index in [9.17, 15) is 0 Å². The highest BCUT2D eigenvalue weighted by Crippen LogP contribution is 2.24. The molecule has 6 heteroatoms. The maximum Gasteiger partial charge on any atom is 0.172 e. The van der Waals surface area contributed by atoms with Gasteiger partial charge in [-0.05, 0) is 15.9 Å². The van der Waals surface area contributed by atoms with Crippen LogP contribution in [0.1, 0.15) is 0 Å². The SMILES string of the molecule is Clc1nc(-c2cncs2)ncc1Br. The Morgan fingerprint density at radius 1 is 1.38 bits per heavy atom. The van der Waals surface area contributed by atoms with Gasteiger partial charge < -0.3 is 0 Å². The molecule has 0 aromatic carbocycles. The summed E-state index contributed by atoms with van der Waals surface area (Å²) < 4.78 is 0.697. The van der Waals surface area contributed by atoms with E-state index in [-0.39, 0.29) is 0 Å². The van der Waals surface area contributed by atoms with Crippen molar-refractivity contribution in [2.24, 2.45) is 0 Å².